The summed E-state index contributed by atoms with van der Waals surface area (Å²) in [4.78, 5) is 21.8. The van der Waals surface area contributed by atoms with Gasteiger partial charge in [-0.2, -0.15) is 0 Å². The van der Waals surface area contributed by atoms with Crippen LogP contribution in [0.25, 0.3) is 0 Å². The molecule has 0 bridgehead atoms. The van der Waals surface area contributed by atoms with E-state index in [9.17, 15) is 4.79 Å². The number of ether oxygens (including phenoxy) is 1. The highest BCUT2D eigenvalue weighted by Gasteiger charge is 2.42. The van der Waals surface area contributed by atoms with E-state index in [4.69, 9.17) is 4.74 Å². The molecular formula is C15H23N3O2S. The monoisotopic (exact) mass is 309 g/mol. The maximum Gasteiger partial charge on any atom is 0.251 e. The van der Waals surface area contributed by atoms with Gasteiger partial charge >= 0.3 is 0 Å². The number of thiazole rings is 1. The Morgan fingerprint density at radius 2 is 2.38 bits per heavy atom. The van der Waals surface area contributed by atoms with Gasteiger partial charge in [0.2, 0.25) is 0 Å². The molecule has 2 aliphatic rings. The molecule has 3 atom stereocenters. The Morgan fingerprint density at radius 3 is 3.05 bits per heavy atom. The highest BCUT2D eigenvalue weighted by molar-refractivity contribution is 7.09. The first kappa shape index (κ1) is 14.9. The highest BCUT2D eigenvalue weighted by Crippen LogP contribution is 2.34. The summed E-state index contributed by atoms with van der Waals surface area (Å²) in [5, 5.41) is 0. The van der Waals surface area contributed by atoms with Gasteiger partial charge in [-0.05, 0) is 32.2 Å². The molecule has 6 heteroatoms. The summed E-state index contributed by atoms with van der Waals surface area (Å²) in [5.74, 6) is 0.645. The Labute approximate surface area is 129 Å². The second kappa shape index (κ2) is 6.02. The third-order valence-electron chi connectivity index (χ3n) is 4.56. The molecule has 5 nitrogen and oxygen atoms in total. The molecule has 116 valence electrons. The lowest BCUT2D eigenvalue weighted by atomic mass is 9.91. The lowest BCUT2D eigenvalue weighted by Gasteiger charge is -2.33. The quantitative estimate of drug-likeness (QED) is 0.849. The van der Waals surface area contributed by atoms with Crippen LogP contribution in [0.15, 0.2) is 5.51 Å². The standard InChI is InChI=1S/C15H23N3O2S/c1-10-14(21-9-16-10)8-18-5-4-11-6-12(15(19)17(2)3)20-13(11)7-18/h9,11-13H,4-8H2,1-3H3/t11-,12+,13+/m1/s1. The minimum Gasteiger partial charge on any atom is -0.364 e. The van der Waals surface area contributed by atoms with Gasteiger partial charge in [0, 0.05) is 32.1 Å². The number of likely N-dealkylation sites (N-methyl/N-ethyl adjacent to an activating group) is 1. The minimum atomic E-state index is -0.236. The van der Waals surface area contributed by atoms with Crippen LogP contribution in [-0.4, -0.2) is 60.1 Å². The number of amides is 1. The predicted molar refractivity (Wildman–Crippen MR) is 82.2 cm³/mol. The van der Waals surface area contributed by atoms with Crippen molar-refractivity contribution in [3.8, 4) is 0 Å². The molecule has 0 radical (unpaired) electrons. The van der Waals surface area contributed by atoms with Crippen LogP contribution in [0.2, 0.25) is 0 Å². The van der Waals surface area contributed by atoms with E-state index in [1.807, 2.05) is 5.51 Å². The topological polar surface area (TPSA) is 45.7 Å². The van der Waals surface area contributed by atoms with Crippen molar-refractivity contribution in [2.24, 2.45) is 5.92 Å². The minimum absolute atomic E-state index is 0.106. The molecule has 1 aromatic rings. The number of piperidine rings is 1. The Hall–Kier alpha value is -0.980. The summed E-state index contributed by atoms with van der Waals surface area (Å²) >= 11 is 1.72. The molecule has 2 saturated heterocycles. The number of fused-ring (bicyclic) bond motifs is 1. The Bertz CT molecular complexity index is 517. The fourth-order valence-corrected chi connectivity index (χ4v) is 4.08. The predicted octanol–water partition coefficient (Wildman–Crippen LogP) is 1.52. The smallest absolute Gasteiger partial charge is 0.251 e. The number of likely N-dealkylation sites (tertiary alicyclic amines) is 1. The zero-order chi connectivity index (χ0) is 15.0. The van der Waals surface area contributed by atoms with E-state index < -0.39 is 0 Å². The Kier molecular flexibility index (Phi) is 4.28. The number of rotatable bonds is 3. The third kappa shape index (κ3) is 3.12. The van der Waals surface area contributed by atoms with Gasteiger partial charge in [0.25, 0.3) is 5.91 Å². The number of hydrogen-bond donors (Lipinski definition) is 0. The zero-order valence-electron chi connectivity index (χ0n) is 12.9. The third-order valence-corrected chi connectivity index (χ3v) is 5.48. The van der Waals surface area contributed by atoms with Crippen molar-refractivity contribution in [2.45, 2.75) is 38.5 Å². The van der Waals surface area contributed by atoms with Crippen LogP contribution in [0.4, 0.5) is 0 Å². The van der Waals surface area contributed by atoms with Crippen molar-refractivity contribution in [3.63, 3.8) is 0 Å². The van der Waals surface area contributed by atoms with Gasteiger partial charge in [-0.15, -0.1) is 11.3 Å². The van der Waals surface area contributed by atoms with Crippen molar-refractivity contribution in [1.82, 2.24) is 14.8 Å². The molecule has 0 aromatic carbocycles. The summed E-state index contributed by atoms with van der Waals surface area (Å²) in [6, 6.07) is 0. The van der Waals surface area contributed by atoms with Gasteiger partial charge in [0.05, 0.1) is 17.3 Å². The van der Waals surface area contributed by atoms with E-state index in [-0.39, 0.29) is 18.1 Å². The average molecular weight is 309 g/mol. The lowest BCUT2D eigenvalue weighted by molar-refractivity contribution is -0.141. The largest absolute Gasteiger partial charge is 0.364 e. The molecule has 0 saturated carbocycles. The maximum atomic E-state index is 12.1. The van der Waals surface area contributed by atoms with E-state index in [1.54, 1.807) is 30.3 Å². The van der Waals surface area contributed by atoms with E-state index >= 15 is 0 Å². The molecule has 3 heterocycles. The first-order valence-electron chi connectivity index (χ1n) is 7.52. The number of aromatic nitrogens is 1. The molecule has 21 heavy (non-hydrogen) atoms. The lowest BCUT2D eigenvalue weighted by Crippen LogP contribution is -2.42. The molecule has 2 fully saturated rings. The Balaban J connectivity index is 1.59. The molecule has 1 amide bonds. The van der Waals surface area contributed by atoms with Gasteiger partial charge in [-0.1, -0.05) is 0 Å². The van der Waals surface area contributed by atoms with Crippen LogP contribution >= 0.6 is 11.3 Å². The summed E-state index contributed by atoms with van der Waals surface area (Å²) < 4.78 is 6.02. The van der Waals surface area contributed by atoms with Crippen LogP contribution in [0.5, 0.6) is 0 Å². The molecule has 3 rings (SSSR count). The molecule has 0 aliphatic carbocycles. The van der Waals surface area contributed by atoms with Crippen molar-refractivity contribution < 1.29 is 9.53 Å². The van der Waals surface area contributed by atoms with Crippen molar-refractivity contribution in [1.29, 1.82) is 0 Å². The number of carbonyl (C=O) groups is 1. The highest BCUT2D eigenvalue weighted by atomic mass is 32.1. The van der Waals surface area contributed by atoms with Crippen LogP contribution in [0, 0.1) is 12.8 Å². The summed E-state index contributed by atoms with van der Waals surface area (Å²) in [6.45, 7) is 5.04. The molecular weight excluding hydrogens is 286 g/mol. The van der Waals surface area contributed by atoms with Gasteiger partial charge in [-0.25, -0.2) is 4.98 Å². The maximum absolute atomic E-state index is 12.1. The number of carbonyl (C=O) groups excluding carboxylic acids is 1. The van der Waals surface area contributed by atoms with Crippen LogP contribution in [0.3, 0.4) is 0 Å². The van der Waals surface area contributed by atoms with Gasteiger partial charge in [0.15, 0.2) is 0 Å². The molecule has 2 aliphatic heterocycles. The fraction of sp³-hybridized carbons (Fsp3) is 0.733. The first-order valence-corrected chi connectivity index (χ1v) is 8.40. The van der Waals surface area contributed by atoms with Gasteiger partial charge in [0.1, 0.15) is 6.10 Å². The SMILES string of the molecule is Cc1ncsc1CN1CC[C@@H]2C[C@@H](C(=O)N(C)C)O[C@H]2C1. The van der Waals surface area contributed by atoms with Gasteiger partial charge in [-0.3, -0.25) is 9.69 Å². The van der Waals surface area contributed by atoms with Crippen LogP contribution < -0.4 is 0 Å². The summed E-state index contributed by atoms with van der Waals surface area (Å²) in [5.41, 5.74) is 3.05. The zero-order valence-corrected chi connectivity index (χ0v) is 13.7. The summed E-state index contributed by atoms with van der Waals surface area (Å²) in [6.07, 6.45) is 1.98. The van der Waals surface area contributed by atoms with Crippen molar-refractivity contribution in [3.05, 3.63) is 16.1 Å². The van der Waals surface area contributed by atoms with E-state index in [1.165, 1.54) is 4.88 Å². The Morgan fingerprint density at radius 1 is 1.57 bits per heavy atom. The molecule has 1 aromatic heterocycles. The molecule has 0 unspecified atom stereocenters. The molecule has 0 spiro atoms. The van der Waals surface area contributed by atoms with Crippen LogP contribution in [0.1, 0.15) is 23.4 Å². The normalized spacial score (nSPS) is 29.4. The van der Waals surface area contributed by atoms with E-state index in [0.29, 0.717) is 5.92 Å². The van der Waals surface area contributed by atoms with E-state index in [2.05, 4.69) is 16.8 Å². The number of hydrogen-bond acceptors (Lipinski definition) is 5. The van der Waals surface area contributed by atoms with Gasteiger partial charge < -0.3 is 9.64 Å². The second-order valence-corrected chi connectivity index (χ2v) is 7.22. The fourth-order valence-electron chi connectivity index (χ4n) is 3.27. The van der Waals surface area contributed by atoms with Crippen molar-refractivity contribution >= 4 is 17.2 Å². The first-order chi connectivity index (χ1) is 10.0. The van der Waals surface area contributed by atoms with Crippen molar-refractivity contribution in [2.75, 3.05) is 27.2 Å². The summed E-state index contributed by atoms with van der Waals surface area (Å²) in [7, 11) is 3.60. The second-order valence-electron chi connectivity index (χ2n) is 6.28. The van der Waals surface area contributed by atoms with Crippen LogP contribution in [-0.2, 0) is 16.1 Å². The number of aryl methyl sites for hydroxylation is 1. The number of nitrogens with zero attached hydrogens (tertiary/aromatic N) is 3. The average Bonchev–Trinajstić information content (AvgIpc) is 3.04. The van der Waals surface area contributed by atoms with E-state index in [0.717, 1.165) is 38.2 Å². The molecule has 0 N–H and O–H groups in total.